The van der Waals surface area contributed by atoms with E-state index in [0.717, 1.165) is 0 Å². The Morgan fingerprint density at radius 3 is 2.62 bits per heavy atom. The fourth-order valence-corrected chi connectivity index (χ4v) is 1.18. The molecule has 0 aliphatic heterocycles. The number of ketones is 1. The van der Waals surface area contributed by atoms with Crippen molar-refractivity contribution in [2.45, 2.75) is 0 Å². The van der Waals surface area contributed by atoms with Crippen LogP contribution < -0.4 is 0 Å². The van der Waals surface area contributed by atoms with E-state index in [1.807, 2.05) is 0 Å². The lowest BCUT2D eigenvalue weighted by atomic mass is 10.2. The molecule has 0 radical (unpaired) electrons. The third-order valence-corrected chi connectivity index (χ3v) is 1.94. The van der Waals surface area contributed by atoms with Crippen molar-refractivity contribution in [1.29, 1.82) is 0 Å². The predicted octanol–water partition coefficient (Wildman–Crippen LogP) is 0.734. The second-order valence-electron chi connectivity index (χ2n) is 3.02. The van der Waals surface area contributed by atoms with Crippen LogP contribution in [0.25, 0.3) is 0 Å². The molecule has 2 N–H and O–H groups in total. The number of carboxylic acid groups (broad SMARTS) is 1. The first-order chi connectivity index (χ1) is 7.68. The Morgan fingerprint density at radius 2 is 2.06 bits per heavy atom. The van der Waals surface area contributed by atoms with E-state index in [1.54, 1.807) is 12.1 Å². The van der Waals surface area contributed by atoms with Gasteiger partial charge in [-0.1, -0.05) is 6.07 Å². The van der Waals surface area contributed by atoms with Crippen molar-refractivity contribution in [3.63, 3.8) is 0 Å². The maximum Gasteiger partial charge on any atom is 0.353 e. The molecule has 2 rings (SSSR count). The highest BCUT2D eigenvalue weighted by Crippen LogP contribution is 2.06. The zero-order chi connectivity index (χ0) is 11.5. The highest BCUT2D eigenvalue weighted by Gasteiger charge is 2.16. The molecule has 2 aromatic rings. The van der Waals surface area contributed by atoms with E-state index >= 15 is 0 Å². The van der Waals surface area contributed by atoms with Crippen molar-refractivity contribution >= 4 is 11.8 Å². The third kappa shape index (κ3) is 1.81. The van der Waals surface area contributed by atoms with Crippen LogP contribution in [-0.2, 0) is 0 Å². The molecule has 0 fully saturated rings. The Labute approximate surface area is 90.0 Å². The summed E-state index contributed by atoms with van der Waals surface area (Å²) in [5.41, 5.74) is 0.140. The number of carbonyl (C=O) groups is 2. The van der Waals surface area contributed by atoms with Crippen LogP contribution >= 0.6 is 0 Å². The van der Waals surface area contributed by atoms with Gasteiger partial charge in [-0.05, 0) is 12.1 Å². The van der Waals surface area contributed by atoms with Gasteiger partial charge >= 0.3 is 5.97 Å². The van der Waals surface area contributed by atoms with Crippen molar-refractivity contribution in [1.82, 2.24) is 15.2 Å². The Balaban J connectivity index is 2.31. The first-order valence-electron chi connectivity index (χ1n) is 4.43. The molecule has 6 heteroatoms. The van der Waals surface area contributed by atoms with Crippen LogP contribution in [0.3, 0.4) is 0 Å². The van der Waals surface area contributed by atoms with Gasteiger partial charge in [-0.2, -0.15) is 5.10 Å². The fourth-order valence-electron chi connectivity index (χ4n) is 1.18. The number of aromatic carboxylic acids is 1. The number of hydrogen-bond donors (Lipinski definition) is 2. The van der Waals surface area contributed by atoms with Crippen LogP contribution in [0.5, 0.6) is 0 Å². The number of nitrogens with zero attached hydrogens (tertiary/aromatic N) is 2. The molecule has 0 aromatic carbocycles. The summed E-state index contributed by atoms with van der Waals surface area (Å²) in [5.74, 6) is -1.57. The van der Waals surface area contributed by atoms with Crippen LogP contribution in [0.15, 0.2) is 30.5 Å². The molecule has 16 heavy (non-hydrogen) atoms. The summed E-state index contributed by atoms with van der Waals surface area (Å²) in [4.78, 5) is 26.2. The van der Waals surface area contributed by atoms with Crippen molar-refractivity contribution in [3.05, 3.63) is 47.5 Å². The Hall–Kier alpha value is -2.50. The highest BCUT2D eigenvalue weighted by atomic mass is 16.4. The Kier molecular flexibility index (Phi) is 2.47. The summed E-state index contributed by atoms with van der Waals surface area (Å²) in [6, 6.07) is 6.08. The minimum atomic E-state index is -1.16. The van der Waals surface area contributed by atoms with Gasteiger partial charge in [-0.25, -0.2) is 4.79 Å². The molecule has 0 bridgehead atoms. The van der Waals surface area contributed by atoms with Gasteiger partial charge in [0.2, 0.25) is 5.78 Å². The van der Waals surface area contributed by atoms with E-state index in [2.05, 4.69) is 15.2 Å². The predicted molar refractivity (Wildman–Crippen MR) is 53.2 cm³/mol. The Morgan fingerprint density at radius 1 is 1.25 bits per heavy atom. The maximum atomic E-state index is 11.7. The monoisotopic (exact) mass is 217 g/mol. The van der Waals surface area contributed by atoms with Gasteiger partial charge < -0.3 is 5.11 Å². The highest BCUT2D eigenvalue weighted by molar-refractivity contribution is 6.07. The lowest BCUT2D eigenvalue weighted by molar-refractivity contribution is 0.0690. The number of carboxylic acids is 1. The number of pyridine rings is 1. The van der Waals surface area contributed by atoms with Crippen LogP contribution in [0.1, 0.15) is 26.7 Å². The van der Waals surface area contributed by atoms with E-state index in [9.17, 15) is 9.59 Å². The second kappa shape index (κ2) is 3.93. The molecule has 0 unspecified atom stereocenters. The third-order valence-electron chi connectivity index (χ3n) is 1.94. The molecule has 0 atom stereocenters. The smallest absolute Gasteiger partial charge is 0.353 e. The first kappa shape index (κ1) is 10.0. The van der Waals surface area contributed by atoms with E-state index in [0.29, 0.717) is 0 Å². The first-order valence-corrected chi connectivity index (χ1v) is 4.43. The van der Waals surface area contributed by atoms with Crippen LogP contribution in [-0.4, -0.2) is 32.0 Å². The minimum Gasteiger partial charge on any atom is -0.477 e. The number of aromatic amines is 1. The van der Waals surface area contributed by atoms with E-state index < -0.39 is 11.8 Å². The number of aromatic nitrogens is 3. The van der Waals surface area contributed by atoms with Crippen molar-refractivity contribution in [2.75, 3.05) is 0 Å². The van der Waals surface area contributed by atoms with Gasteiger partial charge in [0.05, 0.1) is 0 Å². The van der Waals surface area contributed by atoms with Crippen LogP contribution in [0.2, 0.25) is 0 Å². The molecule has 0 saturated carbocycles. The molecule has 2 heterocycles. The molecular formula is C10H7N3O3. The molecule has 6 nitrogen and oxygen atoms in total. The minimum absolute atomic E-state index is 0.0381. The molecule has 2 aromatic heterocycles. The summed E-state index contributed by atoms with van der Waals surface area (Å²) in [5, 5.41) is 14.5. The van der Waals surface area contributed by atoms with E-state index in [1.165, 1.54) is 18.3 Å². The molecule has 0 amide bonds. The topological polar surface area (TPSA) is 95.9 Å². The van der Waals surface area contributed by atoms with Gasteiger partial charge in [0.25, 0.3) is 0 Å². The quantitative estimate of drug-likeness (QED) is 0.739. The number of hydrogen-bond acceptors (Lipinski definition) is 4. The molecular weight excluding hydrogens is 210 g/mol. The number of nitrogens with one attached hydrogen (secondary N) is 1. The van der Waals surface area contributed by atoms with E-state index in [4.69, 9.17) is 5.11 Å². The van der Waals surface area contributed by atoms with Crippen molar-refractivity contribution in [2.24, 2.45) is 0 Å². The number of carbonyl (C=O) groups excluding carboxylic acids is 1. The molecule has 80 valence electrons. The fraction of sp³-hybridized carbons (Fsp3) is 0. The SMILES string of the molecule is O=C(c1ccccn1)c1cc(C(=O)O)[nH]n1. The molecule has 0 spiro atoms. The molecule has 0 saturated heterocycles. The normalized spacial score (nSPS) is 10.0. The standard InChI is InChI=1S/C10H7N3O3/c14-9(6-3-1-2-4-11-6)7-5-8(10(15)16)13-12-7/h1-5H,(H,12,13)(H,15,16). The average molecular weight is 217 g/mol. The summed E-state index contributed by atoms with van der Waals surface area (Å²) in [7, 11) is 0. The number of rotatable bonds is 3. The van der Waals surface area contributed by atoms with Gasteiger partial charge in [-0.15, -0.1) is 0 Å². The van der Waals surface area contributed by atoms with Crippen molar-refractivity contribution in [3.8, 4) is 0 Å². The molecule has 0 aliphatic carbocycles. The zero-order valence-electron chi connectivity index (χ0n) is 8.04. The largest absolute Gasteiger partial charge is 0.477 e. The second-order valence-corrected chi connectivity index (χ2v) is 3.02. The zero-order valence-corrected chi connectivity index (χ0v) is 8.04. The van der Waals surface area contributed by atoms with Gasteiger partial charge in [0.15, 0.2) is 0 Å². The lowest BCUT2D eigenvalue weighted by Crippen LogP contribution is -2.03. The lowest BCUT2D eigenvalue weighted by Gasteiger charge is -1.93. The van der Waals surface area contributed by atoms with Gasteiger partial charge in [0, 0.05) is 12.3 Å². The van der Waals surface area contributed by atoms with E-state index in [-0.39, 0.29) is 17.1 Å². The van der Waals surface area contributed by atoms with Gasteiger partial charge in [-0.3, -0.25) is 14.9 Å². The number of H-pyrrole nitrogens is 1. The average Bonchev–Trinajstić information content (AvgIpc) is 2.78. The van der Waals surface area contributed by atoms with Crippen molar-refractivity contribution < 1.29 is 14.7 Å². The van der Waals surface area contributed by atoms with Gasteiger partial charge in [0.1, 0.15) is 17.1 Å². The molecule has 0 aliphatic rings. The maximum absolute atomic E-state index is 11.7. The van der Waals surface area contributed by atoms with Crippen LogP contribution in [0, 0.1) is 0 Å². The summed E-state index contributed by atoms with van der Waals surface area (Å²) in [6.45, 7) is 0. The summed E-state index contributed by atoms with van der Waals surface area (Å²) in [6.07, 6.45) is 1.48. The summed E-state index contributed by atoms with van der Waals surface area (Å²) < 4.78 is 0. The Bertz CT molecular complexity index is 533. The van der Waals surface area contributed by atoms with Crippen LogP contribution in [0.4, 0.5) is 0 Å². The summed E-state index contributed by atoms with van der Waals surface area (Å²) >= 11 is 0.